The van der Waals surface area contributed by atoms with Gasteiger partial charge in [0.1, 0.15) is 10.6 Å². The number of carbonyl (C=O) groups is 1. The molecule has 0 aromatic carbocycles. The second-order valence-electron chi connectivity index (χ2n) is 6.32. The lowest BCUT2D eigenvalue weighted by molar-refractivity contribution is 0.0910. The van der Waals surface area contributed by atoms with E-state index in [1.807, 2.05) is 0 Å². The first-order chi connectivity index (χ1) is 11.5. The van der Waals surface area contributed by atoms with Crippen LogP contribution in [0.5, 0.6) is 0 Å². The highest BCUT2D eigenvalue weighted by atomic mass is 32.2. The topological polar surface area (TPSA) is 94.3 Å². The summed E-state index contributed by atoms with van der Waals surface area (Å²) in [6.07, 6.45) is 2.43. The lowest BCUT2D eigenvalue weighted by atomic mass is 9.95. The molecule has 2 atom stereocenters. The van der Waals surface area contributed by atoms with Crippen LogP contribution in [0.3, 0.4) is 0 Å². The Labute approximate surface area is 147 Å². The van der Waals surface area contributed by atoms with E-state index in [9.17, 15) is 13.2 Å². The highest BCUT2D eigenvalue weighted by molar-refractivity contribution is 7.99. The summed E-state index contributed by atoms with van der Waals surface area (Å²) in [5.74, 6) is 1.76. The van der Waals surface area contributed by atoms with Gasteiger partial charge < -0.3 is 15.6 Å². The van der Waals surface area contributed by atoms with E-state index < -0.39 is 10.0 Å². The minimum atomic E-state index is -3.52. The maximum atomic E-state index is 12.6. The average molecular weight is 373 g/mol. The molecule has 2 saturated heterocycles. The van der Waals surface area contributed by atoms with Gasteiger partial charge in [-0.05, 0) is 24.9 Å². The molecule has 3 heterocycles. The molecule has 2 fully saturated rings. The van der Waals surface area contributed by atoms with E-state index in [0.29, 0.717) is 19.0 Å². The van der Waals surface area contributed by atoms with E-state index in [-0.39, 0.29) is 22.5 Å². The van der Waals surface area contributed by atoms with Gasteiger partial charge in [0.15, 0.2) is 0 Å². The van der Waals surface area contributed by atoms with Crippen LogP contribution in [0.1, 0.15) is 23.8 Å². The van der Waals surface area contributed by atoms with Crippen LogP contribution in [0.15, 0.2) is 17.2 Å². The van der Waals surface area contributed by atoms with Crippen molar-refractivity contribution in [2.45, 2.75) is 24.3 Å². The van der Waals surface area contributed by atoms with Crippen LogP contribution >= 0.6 is 11.8 Å². The molecule has 0 bridgehead atoms. The number of amides is 1. The van der Waals surface area contributed by atoms with Crippen molar-refractivity contribution in [2.24, 2.45) is 5.92 Å². The van der Waals surface area contributed by atoms with Gasteiger partial charge >= 0.3 is 0 Å². The molecule has 0 aliphatic carbocycles. The molecule has 2 unspecified atom stereocenters. The summed E-state index contributed by atoms with van der Waals surface area (Å²) in [6.45, 7) is 4.86. The number of thioether (sulfide) groups is 1. The third-order valence-electron chi connectivity index (χ3n) is 4.65. The standard InChI is InChI=1S/C15H24N4O3S2/c1-11-2-3-16-10-14(11)18-15(20)13-8-12(9-17-13)24(21,22)19-4-6-23-7-5-19/h8-9,11,14,16-17H,2-7,10H2,1H3,(H,18,20). The van der Waals surface area contributed by atoms with Crippen molar-refractivity contribution < 1.29 is 13.2 Å². The summed E-state index contributed by atoms with van der Waals surface area (Å²) in [5, 5.41) is 6.25. The number of aromatic nitrogens is 1. The molecule has 3 N–H and O–H groups in total. The fourth-order valence-corrected chi connectivity index (χ4v) is 5.59. The van der Waals surface area contributed by atoms with Gasteiger partial charge in [0.2, 0.25) is 10.0 Å². The van der Waals surface area contributed by atoms with E-state index in [2.05, 4.69) is 22.5 Å². The maximum absolute atomic E-state index is 12.6. The highest BCUT2D eigenvalue weighted by Gasteiger charge is 2.29. The van der Waals surface area contributed by atoms with Crippen molar-refractivity contribution in [1.82, 2.24) is 19.9 Å². The minimum absolute atomic E-state index is 0.0636. The summed E-state index contributed by atoms with van der Waals surface area (Å²) < 4.78 is 26.7. The highest BCUT2D eigenvalue weighted by Crippen LogP contribution is 2.21. The van der Waals surface area contributed by atoms with E-state index in [4.69, 9.17) is 0 Å². The molecule has 0 saturated carbocycles. The fraction of sp³-hybridized carbons (Fsp3) is 0.667. The van der Waals surface area contributed by atoms with Crippen LogP contribution in [0, 0.1) is 5.92 Å². The number of sulfonamides is 1. The SMILES string of the molecule is CC1CCNCC1NC(=O)c1cc(S(=O)(=O)N2CCSCC2)c[nH]1. The number of piperidine rings is 1. The molecular weight excluding hydrogens is 348 g/mol. The molecule has 0 spiro atoms. The number of aromatic amines is 1. The Hall–Kier alpha value is -1.03. The van der Waals surface area contributed by atoms with Crippen molar-refractivity contribution in [1.29, 1.82) is 0 Å². The molecule has 1 amide bonds. The molecule has 2 aliphatic heterocycles. The number of nitrogens with zero attached hydrogens (tertiary/aromatic N) is 1. The Kier molecular flexibility index (Phi) is 5.53. The van der Waals surface area contributed by atoms with Gasteiger partial charge in [0.05, 0.1) is 0 Å². The van der Waals surface area contributed by atoms with Crippen LogP contribution in [-0.2, 0) is 10.0 Å². The summed E-state index contributed by atoms with van der Waals surface area (Å²) in [4.78, 5) is 15.4. The quantitative estimate of drug-likeness (QED) is 0.715. The summed E-state index contributed by atoms with van der Waals surface area (Å²) in [6, 6.07) is 1.50. The number of H-pyrrole nitrogens is 1. The lowest BCUT2D eigenvalue weighted by Crippen LogP contribution is -2.50. The smallest absolute Gasteiger partial charge is 0.268 e. The van der Waals surface area contributed by atoms with Crippen LogP contribution in [0.2, 0.25) is 0 Å². The third kappa shape index (κ3) is 3.79. The molecular formula is C15H24N4O3S2. The van der Waals surface area contributed by atoms with Gasteiger partial charge in [0.25, 0.3) is 5.91 Å². The number of nitrogens with one attached hydrogen (secondary N) is 3. The van der Waals surface area contributed by atoms with Gasteiger partial charge in [-0.25, -0.2) is 8.42 Å². The molecule has 3 rings (SSSR count). The summed E-state index contributed by atoms with van der Waals surface area (Å²) >= 11 is 1.76. The number of rotatable bonds is 4. The maximum Gasteiger partial charge on any atom is 0.268 e. The molecule has 1 aromatic rings. The average Bonchev–Trinajstić information content (AvgIpc) is 3.09. The summed E-state index contributed by atoms with van der Waals surface area (Å²) in [7, 11) is -3.52. The normalized spacial score (nSPS) is 26.2. The van der Waals surface area contributed by atoms with Crippen molar-refractivity contribution in [2.75, 3.05) is 37.7 Å². The van der Waals surface area contributed by atoms with Gasteiger partial charge in [-0.3, -0.25) is 4.79 Å². The molecule has 7 nitrogen and oxygen atoms in total. The Morgan fingerprint density at radius 3 is 2.83 bits per heavy atom. The van der Waals surface area contributed by atoms with E-state index in [1.165, 1.54) is 16.6 Å². The van der Waals surface area contributed by atoms with E-state index >= 15 is 0 Å². The molecule has 1 aromatic heterocycles. The first-order valence-corrected chi connectivity index (χ1v) is 10.9. The van der Waals surface area contributed by atoms with Gasteiger partial charge in [-0.15, -0.1) is 0 Å². The zero-order chi connectivity index (χ0) is 17.2. The number of hydrogen-bond acceptors (Lipinski definition) is 5. The predicted molar refractivity (Wildman–Crippen MR) is 94.8 cm³/mol. The van der Waals surface area contributed by atoms with Crippen molar-refractivity contribution in [3.8, 4) is 0 Å². The molecule has 0 radical (unpaired) electrons. The van der Waals surface area contributed by atoms with Crippen molar-refractivity contribution >= 4 is 27.7 Å². The number of hydrogen-bond donors (Lipinski definition) is 3. The Morgan fingerprint density at radius 1 is 1.38 bits per heavy atom. The van der Waals surface area contributed by atoms with Gasteiger partial charge in [-0.2, -0.15) is 16.1 Å². The van der Waals surface area contributed by atoms with Gasteiger partial charge in [0, 0.05) is 43.4 Å². The minimum Gasteiger partial charge on any atom is -0.356 e. The van der Waals surface area contributed by atoms with Crippen LogP contribution < -0.4 is 10.6 Å². The first kappa shape index (κ1) is 17.8. The van der Waals surface area contributed by atoms with E-state index in [0.717, 1.165) is 31.0 Å². The molecule has 134 valence electrons. The fourth-order valence-electron chi connectivity index (χ4n) is 3.02. The van der Waals surface area contributed by atoms with Crippen LogP contribution in [0.4, 0.5) is 0 Å². The largest absolute Gasteiger partial charge is 0.356 e. The van der Waals surface area contributed by atoms with Crippen LogP contribution in [-0.4, -0.2) is 67.3 Å². The Balaban J connectivity index is 1.69. The molecule has 2 aliphatic rings. The Morgan fingerprint density at radius 2 is 2.12 bits per heavy atom. The Bertz CT molecular complexity index is 683. The second kappa shape index (κ2) is 7.47. The van der Waals surface area contributed by atoms with E-state index in [1.54, 1.807) is 11.8 Å². The summed E-state index contributed by atoms with van der Waals surface area (Å²) in [5.41, 5.74) is 0.290. The first-order valence-electron chi connectivity index (χ1n) is 8.26. The van der Waals surface area contributed by atoms with Crippen molar-refractivity contribution in [3.05, 3.63) is 18.0 Å². The van der Waals surface area contributed by atoms with Crippen LogP contribution in [0.25, 0.3) is 0 Å². The monoisotopic (exact) mass is 372 g/mol. The molecule has 24 heavy (non-hydrogen) atoms. The third-order valence-corrected chi connectivity index (χ3v) is 7.47. The number of carbonyl (C=O) groups excluding carboxylic acids is 1. The molecule has 9 heteroatoms. The van der Waals surface area contributed by atoms with Crippen molar-refractivity contribution in [3.63, 3.8) is 0 Å². The van der Waals surface area contributed by atoms with Gasteiger partial charge in [-0.1, -0.05) is 6.92 Å². The zero-order valence-corrected chi connectivity index (χ0v) is 15.4. The second-order valence-corrected chi connectivity index (χ2v) is 9.48. The lowest BCUT2D eigenvalue weighted by Gasteiger charge is -2.30. The predicted octanol–water partition coefficient (Wildman–Crippen LogP) is 0.480. The zero-order valence-electron chi connectivity index (χ0n) is 13.7.